The third-order valence-electron chi connectivity index (χ3n) is 3.18. The van der Waals surface area contributed by atoms with Crippen molar-refractivity contribution in [3.63, 3.8) is 0 Å². The molecule has 0 bridgehead atoms. The number of rotatable bonds is 5. The summed E-state index contributed by atoms with van der Waals surface area (Å²) in [5.41, 5.74) is 2.40. The molecule has 114 valence electrons. The topological polar surface area (TPSA) is 41.9 Å². The molecule has 0 aliphatic carbocycles. The number of carbonyl (C=O) groups excluding carboxylic acids is 1. The van der Waals surface area contributed by atoms with Crippen molar-refractivity contribution in [2.24, 2.45) is 5.16 Å². The predicted molar refractivity (Wildman–Crippen MR) is 88.3 cm³/mol. The first-order valence-electron chi connectivity index (χ1n) is 6.77. The fourth-order valence-electron chi connectivity index (χ4n) is 2.00. The minimum Gasteiger partial charge on any atom is -0.399 e. The van der Waals surface area contributed by atoms with Gasteiger partial charge < -0.3 is 9.74 Å². The van der Waals surface area contributed by atoms with E-state index in [1.54, 1.807) is 30.3 Å². The van der Waals surface area contributed by atoms with Gasteiger partial charge in [0.2, 0.25) is 0 Å². The quantitative estimate of drug-likeness (QED) is 0.625. The van der Waals surface area contributed by atoms with Crippen molar-refractivity contribution >= 4 is 23.7 Å². The average molecular weight is 317 g/mol. The van der Waals surface area contributed by atoms with Gasteiger partial charge in [-0.2, -0.15) is 0 Å². The molecule has 5 heteroatoms. The Bertz CT molecular complexity index is 669. The Balaban J connectivity index is 2.07. The van der Waals surface area contributed by atoms with E-state index in [4.69, 9.17) is 11.6 Å². The Hall–Kier alpha value is -2.33. The van der Waals surface area contributed by atoms with E-state index in [1.165, 1.54) is 7.11 Å². The van der Waals surface area contributed by atoms with Crippen molar-refractivity contribution < 1.29 is 9.63 Å². The van der Waals surface area contributed by atoms with Crippen LogP contribution in [0.3, 0.4) is 0 Å². The molecule has 1 amide bonds. The van der Waals surface area contributed by atoms with Crippen LogP contribution in [0.2, 0.25) is 5.02 Å². The Kier molecular flexibility index (Phi) is 5.55. The number of amides is 1. The van der Waals surface area contributed by atoms with Crippen LogP contribution in [0.15, 0.2) is 53.7 Å². The minimum absolute atomic E-state index is 0.0600. The molecule has 2 aromatic carbocycles. The largest absolute Gasteiger partial charge is 0.399 e. The first kappa shape index (κ1) is 16.0. The second kappa shape index (κ2) is 7.61. The van der Waals surface area contributed by atoms with Gasteiger partial charge in [-0.1, -0.05) is 47.1 Å². The molecular formula is C17H17ClN2O2. The summed E-state index contributed by atoms with van der Waals surface area (Å²) in [7, 11) is 3.24. The van der Waals surface area contributed by atoms with E-state index < -0.39 is 0 Å². The highest BCUT2D eigenvalue weighted by molar-refractivity contribution is 6.31. The van der Waals surface area contributed by atoms with Gasteiger partial charge in [-0.15, -0.1) is 0 Å². The van der Waals surface area contributed by atoms with E-state index in [0.717, 1.165) is 11.1 Å². The second-order valence-electron chi connectivity index (χ2n) is 4.79. The van der Waals surface area contributed by atoms with Gasteiger partial charge in [0.1, 0.15) is 7.11 Å². The molecule has 0 aromatic heterocycles. The molecule has 0 aliphatic heterocycles. The Morgan fingerprint density at radius 3 is 2.55 bits per heavy atom. The third-order valence-corrected chi connectivity index (χ3v) is 3.55. The molecule has 0 spiro atoms. The van der Waals surface area contributed by atoms with Gasteiger partial charge in [-0.05, 0) is 29.3 Å². The van der Waals surface area contributed by atoms with E-state index in [-0.39, 0.29) is 5.91 Å². The lowest BCUT2D eigenvalue weighted by molar-refractivity contribution is 0.0785. The fraction of sp³-hybridized carbons (Fsp3) is 0.176. The SMILES string of the molecule is CO/N=C/c1ccc(C(=O)N(C)Cc2ccccc2Cl)cc1. The van der Waals surface area contributed by atoms with Crippen LogP contribution in [0, 0.1) is 0 Å². The Morgan fingerprint density at radius 1 is 1.23 bits per heavy atom. The third kappa shape index (κ3) is 4.09. The molecule has 0 heterocycles. The average Bonchev–Trinajstić information content (AvgIpc) is 2.55. The molecule has 0 aliphatic rings. The summed E-state index contributed by atoms with van der Waals surface area (Å²) >= 11 is 6.12. The van der Waals surface area contributed by atoms with Crippen LogP contribution in [0.1, 0.15) is 21.5 Å². The van der Waals surface area contributed by atoms with Gasteiger partial charge in [-0.25, -0.2) is 0 Å². The van der Waals surface area contributed by atoms with Crippen LogP contribution in [-0.2, 0) is 11.4 Å². The first-order chi connectivity index (χ1) is 10.6. The maximum Gasteiger partial charge on any atom is 0.253 e. The standard InChI is InChI=1S/C17H17ClN2O2/c1-20(12-15-5-3-4-6-16(15)18)17(21)14-9-7-13(8-10-14)11-19-22-2/h3-11H,12H2,1-2H3/b19-11+. The van der Waals surface area contributed by atoms with Gasteiger partial charge in [0.05, 0.1) is 6.21 Å². The van der Waals surface area contributed by atoms with Gasteiger partial charge in [0.25, 0.3) is 5.91 Å². The molecule has 2 rings (SSSR count). The zero-order chi connectivity index (χ0) is 15.9. The van der Waals surface area contributed by atoms with Crippen molar-refractivity contribution in [1.82, 2.24) is 4.90 Å². The lowest BCUT2D eigenvalue weighted by atomic mass is 10.1. The summed E-state index contributed by atoms with van der Waals surface area (Å²) in [6.07, 6.45) is 1.59. The zero-order valence-corrected chi connectivity index (χ0v) is 13.2. The number of carbonyl (C=O) groups is 1. The van der Waals surface area contributed by atoms with Crippen LogP contribution in [0.25, 0.3) is 0 Å². The summed E-state index contributed by atoms with van der Waals surface area (Å²) in [5.74, 6) is -0.0600. The molecule has 4 nitrogen and oxygen atoms in total. The molecule has 2 aromatic rings. The van der Waals surface area contributed by atoms with Crippen molar-refractivity contribution in [2.75, 3.05) is 14.2 Å². The smallest absolute Gasteiger partial charge is 0.253 e. The number of oxime groups is 1. The molecule has 0 saturated heterocycles. The van der Waals surface area contributed by atoms with Crippen LogP contribution in [0.4, 0.5) is 0 Å². The molecule has 0 N–H and O–H groups in total. The summed E-state index contributed by atoms with van der Waals surface area (Å²) in [6, 6.07) is 14.7. The van der Waals surface area contributed by atoms with Gasteiger partial charge in [-0.3, -0.25) is 4.79 Å². The minimum atomic E-state index is -0.0600. The molecule has 0 atom stereocenters. The summed E-state index contributed by atoms with van der Waals surface area (Å²) in [5, 5.41) is 4.34. The Morgan fingerprint density at radius 2 is 1.91 bits per heavy atom. The zero-order valence-electron chi connectivity index (χ0n) is 12.5. The number of hydrogen-bond acceptors (Lipinski definition) is 3. The van der Waals surface area contributed by atoms with Gasteiger partial charge in [0, 0.05) is 24.2 Å². The molecule has 0 radical (unpaired) electrons. The van der Waals surface area contributed by atoms with Crippen molar-refractivity contribution in [1.29, 1.82) is 0 Å². The summed E-state index contributed by atoms with van der Waals surface area (Å²) < 4.78 is 0. The molecule has 0 fully saturated rings. The van der Waals surface area contributed by atoms with Gasteiger partial charge >= 0.3 is 0 Å². The van der Waals surface area contributed by atoms with Crippen LogP contribution < -0.4 is 0 Å². The van der Waals surface area contributed by atoms with Crippen LogP contribution >= 0.6 is 11.6 Å². The highest BCUT2D eigenvalue weighted by atomic mass is 35.5. The van der Waals surface area contributed by atoms with Crippen LogP contribution in [0.5, 0.6) is 0 Å². The maximum absolute atomic E-state index is 12.4. The molecule has 22 heavy (non-hydrogen) atoms. The van der Waals surface area contributed by atoms with E-state index in [9.17, 15) is 4.79 Å². The van der Waals surface area contributed by atoms with Crippen molar-refractivity contribution in [2.45, 2.75) is 6.54 Å². The van der Waals surface area contributed by atoms with Gasteiger partial charge in [0.15, 0.2) is 0 Å². The van der Waals surface area contributed by atoms with Crippen LogP contribution in [-0.4, -0.2) is 31.2 Å². The molecular weight excluding hydrogens is 300 g/mol. The van der Waals surface area contributed by atoms with E-state index in [2.05, 4.69) is 9.99 Å². The predicted octanol–water partition coefficient (Wildman–Crippen LogP) is 3.59. The van der Waals surface area contributed by atoms with E-state index >= 15 is 0 Å². The Labute approximate surface area is 135 Å². The summed E-state index contributed by atoms with van der Waals surface area (Å²) in [6.45, 7) is 0.464. The lowest BCUT2D eigenvalue weighted by Crippen LogP contribution is -2.26. The summed E-state index contributed by atoms with van der Waals surface area (Å²) in [4.78, 5) is 18.7. The van der Waals surface area contributed by atoms with E-state index in [0.29, 0.717) is 17.1 Å². The highest BCUT2D eigenvalue weighted by Crippen LogP contribution is 2.17. The fourth-order valence-corrected chi connectivity index (χ4v) is 2.20. The van der Waals surface area contributed by atoms with Crippen molar-refractivity contribution in [3.05, 3.63) is 70.2 Å². The number of benzene rings is 2. The monoisotopic (exact) mass is 316 g/mol. The number of nitrogens with zero attached hydrogens (tertiary/aromatic N) is 2. The number of hydrogen-bond donors (Lipinski definition) is 0. The molecule has 0 unspecified atom stereocenters. The normalized spacial score (nSPS) is 10.7. The maximum atomic E-state index is 12.4. The lowest BCUT2D eigenvalue weighted by Gasteiger charge is -2.18. The van der Waals surface area contributed by atoms with E-state index in [1.807, 2.05) is 36.4 Å². The highest BCUT2D eigenvalue weighted by Gasteiger charge is 2.13. The molecule has 0 saturated carbocycles. The number of halogens is 1. The second-order valence-corrected chi connectivity index (χ2v) is 5.20. The van der Waals surface area contributed by atoms with Crippen molar-refractivity contribution in [3.8, 4) is 0 Å². The first-order valence-corrected chi connectivity index (χ1v) is 7.15.